The first kappa shape index (κ1) is 28.9. The third-order valence-electron chi connectivity index (χ3n) is 5.16. The maximum atomic E-state index is 11.7. The summed E-state index contributed by atoms with van der Waals surface area (Å²) >= 11 is 0. The molecule has 0 aliphatic heterocycles. The number of hydrogen-bond donors (Lipinski definition) is 2. The van der Waals surface area contributed by atoms with Gasteiger partial charge in [0, 0.05) is 6.42 Å². The molecule has 0 saturated heterocycles. The first-order valence-corrected chi connectivity index (χ1v) is 12.3. The summed E-state index contributed by atoms with van der Waals surface area (Å²) in [6.45, 7) is 2.72. The zero-order valence-electron chi connectivity index (χ0n) is 19.4. The SMILES string of the molecule is CCCCCCCCCCCCCCCCCC(=O)NCC(=O)OCCOCCO. The van der Waals surface area contributed by atoms with E-state index in [0.29, 0.717) is 6.42 Å². The number of carbonyl (C=O) groups excluding carboxylic acids is 2. The summed E-state index contributed by atoms with van der Waals surface area (Å²) < 4.78 is 9.89. The molecule has 6 nitrogen and oxygen atoms in total. The third kappa shape index (κ3) is 23.1. The van der Waals surface area contributed by atoms with Gasteiger partial charge in [0.1, 0.15) is 13.2 Å². The molecule has 0 aromatic carbocycles. The second-order valence-electron chi connectivity index (χ2n) is 8.03. The molecule has 0 unspecified atom stereocenters. The summed E-state index contributed by atoms with van der Waals surface area (Å²) in [7, 11) is 0. The van der Waals surface area contributed by atoms with Gasteiger partial charge in [-0.25, -0.2) is 0 Å². The van der Waals surface area contributed by atoms with E-state index in [1.54, 1.807) is 0 Å². The Morgan fingerprint density at radius 3 is 1.70 bits per heavy atom. The van der Waals surface area contributed by atoms with Gasteiger partial charge in [0.15, 0.2) is 0 Å². The summed E-state index contributed by atoms with van der Waals surface area (Å²) in [5.41, 5.74) is 0. The fraction of sp³-hybridized carbons (Fsp3) is 0.917. The number of unbranched alkanes of at least 4 members (excludes halogenated alkanes) is 14. The minimum atomic E-state index is -0.465. The lowest BCUT2D eigenvalue weighted by atomic mass is 10.0. The van der Waals surface area contributed by atoms with Crippen molar-refractivity contribution in [2.75, 3.05) is 33.0 Å². The van der Waals surface area contributed by atoms with Gasteiger partial charge < -0.3 is 19.9 Å². The van der Waals surface area contributed by atoms with Crippen molar-refractivity contribution in [3.05, 3.63) is 0 Å². The number of aliphatic hydroxyl groups is 1. The van der Waals surface area contributed by atoms with E-state index in [1.165, 1.54) is 83.5 Å². The third-order valence-corrected chi connectivity index (χ3v) is 5.16. The van der Waals surface area contributed by atoms with Gasteiger partial charge in [-0.3, -0.25) is 9.59 Å². The number of carbonyl (C=O) groups is 2. The predicted molar refractivity (Wildman–Crippen MR) is 121 cm³/mol. The number of amides is 1. The van der Waals surface area contributed by atoms with Crippen LogP contribution in [0.1, 0.15) is 110 Å². The van der Waals surface area contributed by atoms with Crippen molar-refractivity contribution in [1.29, 1.82) is 0 Å². The number of nitrogens with one attached hydrogen (secondary N) is 1. The molecule has 0 atom stereocenters. The van der Waals surface area contributed by atoms with Crippen LogP contribution in [0.25, 0.3) is 0 Å². The number of esters is 1. The van der Waals surface area contributed by atoms with Crippen molar-refractivity contribution in [3.63, 3.8) is 0 Å². The first-order chi connectivity index (χ1) is 14.7. The molecule has 0 rings (SSSR count). The maximum absolute atomic E-state index is 11.7. The smallest absolute Gasteiger partial charge is 0.325 e. The van der Waals surface area contributed by atoms with Gasteiger partial charge in [-0.05, 0) is 6.42 Å². The van der Waals surface area contributed by atoms with Crippen LogP contribution >= 0.6 is 0 Å². The lowest BCUT2D eigenvalue weighted by molar-refractivity contribution is -0.145. The minimum Gasteiger partial charge on any atom is -0.462 e. The van der Waals surface area contributed by atoms with Crippen LogP contribution in [0.3, 0.4) is 0 Å². The number of rotatable bonds is 23. The molecule has 30 heavy (non-hydrogen) atoms. The molecule has 2 N–H and O–H groups in total. The summed E-state index contributed by atoms with van der Waals surface area (Å²) in [5, 5.41) is 11.1. The van der Waals surface area contributed by atoms with Crippen LogP contribution in [0.15, 0.2) is 0 Å². The van der Waals surface area contributed by atoms with E-state index in [-0.39, 0.29) is 38.9 Å². The molecule has 0 aliphatic carbocycles. The number of ether oxygens (including phenoxy) is 2. The molecule has 0 fully saturated rings. The molecule has 6 heteroatoms. The molecule has 178 valence electrons. The second-order valence-corrected chi connectivity index (χ2v) is 8.03. The summed E-state index contributed by atoms with van der Waals surface area (Å²) in [6.07, 6.45) is 20.0. The largest absolute Gasteiger partial charge is 0.462 e. The molecule has 0 spiro atoms. The summed E-state index contributed by atoms with van der Waals surface area (Å²) in [6, 6.07) is 0. The standard InChI is InChI=1S/C24H47NO5/c1-2-3-4-5-6-7-8-9-10-11-12-13-14-15-16-17-23(27)25-22-24(28)30-21-20-29-19-18-26/h26H,2-22H2,1H3,(H,25,27). The fourth-order valence-electron chi connectivity index (χ4n) is 3.35. The van der Waals surface area contributed by atoms with E-state index in [1.807, 2.05) is 0 Å². The molecule has 1 amide bonds. The predicted octanol–water partition coefficient (Wildman–Crippen LogP) is 4.92. The monoisotopic (exact) mass is 429 g/mol. The fourth-order valence-corrected chi connectivity index (χ4v) is 3.35. The Hall–Kier alpha value is -1.14. The summed E-state index contributed by atoms with van der Waals surface area (Å²) in [4.78, 5) is 23.2. The topological polar surface area (TPSA) is 84.9 Å². The Balaban J connectivity index is 3.25. The maximum Gasteiger partial charge on any atom is 0.325 e. The zero-order valence-corrected chi connectivity index (χ0v) is 19.4. The zero-order chi connectivity index (χ0) is 22.1. The van der Waals surface area contributed by atoms with E-state index in [9.17, 15) is 9.59 Å². The van der Waals surface area contributed by atoms with Crippen molar-refractivity contribution in [1.82, 2.24) is 5.32 Å². The highest BCUT2D eigenvalue weighted by atomic mass is 16.6. The van der Waals surface area contributed by atoms with E-state index in [2.05, 4.69) is 12.2 Å². The highest BCUT2D eigenvalue weighted by molar-refractivity contribution is 5.81. The van der Waals surface area contributed by atoms with Gasteiger partial charge in [0.2, 0.25) is 5.91 Å². The van der Waals surface area contributed by atoms with Crippen LogP contribution in [0, 0.1) is 0 Å². The quantitative estimate of drug-likeness (QED) is 0.178. The van der Waals surface area contributed by atoms with Crippen LogP contribution in [0.5, 0.6) is 0 Å². The lowest BCUT2D eigenvalue weighted by Gasteiger charge is -2.07. The van der Waals surface area contributed by atoms with Crippen LogP contribution < -0.4 is 5.32 Å². The Bertz CT molecular complexity index is 390. The molecule has 0 heterocycles. The van der Waals surface area contributed by atoms with Gasteiger partial charge >= 0.3 is 5.97 Å². The molecular weight excluding hydrogens is 382 g/mol. The van der Waals surface area contributed by atoms with Crippen LogP contribution in [-0.2, 0) is 19.1 Å². The molecule has 0 aromatic heterocycles. The highest BCUT2D eigenvalue weighted by Gasteiger charge is 2.06. The molecule has 0 aliphatic rings. The Labute approximate surface area is 184 Å². The average molecular weight is 430 g/mol. The van der Waals surface area contributed by atoms with Gasteiger partial charge in [-0.1, -0.05) is 96.8 Å². The first-order valence-electron chi connectivity index (χ1n) is 12.3. The number of hydrogen-bond acceptors (Lipinski definition) is 5. The summed E-state index contributed by atoms with van der Waals surface area (Å²) in [5.74, 6) is -0.564. The van der Waals surface area contributed by atoms with Crippen molar-refractivity contribution in [2.45, 2.75) is 110 Å². The highest BCUT2D eigenvalue weighted by Crippen LogP contribution is 2.13. The van der Waals surface area contributed by atoms with Gasteiger partial charge in [0.05, 0.1) is 19.8 Å². The van der Waals surface area contributed by atoms with Crippen molar-refractivity contribution in [3.8, 4) is 0 Å². The molecular formula is C24H47NO5. The van der Waals surface area contributed by atoms with Gasteiger partial charge in [-0.2, -0.15) is 0 Å². The van der Waals surface area contributed by atoms with E-state index in [0.717, 1.165) is 12.8 Å². The van der Waals surface area contributed by atoms with Crippen molar-refractivity contribution < 1.29 is 24.2 Å². The molecule has 0 saturated carbocycles. The minimum absolute atomic E-state index is 0.0523. The van der Waals surface area contributed by atoms with E-state index in [4.69, 9.17) is 14.6 Å². The number of aliphatic hydroxyl groups excluding tert-OH is 1. The van der Waals surface area contributed by atoms with Crippen LogP contribution in [-0.4, -0.2) is 50.0 Å². The Morgan fingerprint density at radius 2 is 1.20 bits per heavy atom. The van der Waals surface area contributed by atoms with Crippen LogP contribution in [0.4, 0.5) is 0 Å². The lowest BCUT2D eigenvalue weighted by Crippen LogP contribution is -2.31. The molecule has 0 bridgehead atoms. The average Bonchev–Trinajstić information content (AvgIpc) is 2.74. The van der Waals surface area contributed by atoms with E-state index < -0.39 is 5.97 Å². The van der Waals surface area contributed by atoms with E-state index >= 15 is 0 Å². The Morgan fingerprint density at radius 1 is 0.700 bits per heavy atom. The van der Waals surface area contributed by atoms with Crippen LogP contribution in [0.2, 0.25) is 0 Å². The van der Waals surface area contributed by atoms with Crippen molar-refractivity contribution in [2.24, 2.45) is 0 Å². The van der Waals surface area contributed by atoms with Gasteiger partial charge in [0.25, 0.3) is 0 Å². The normalized spacial score (nSPS) is 10.9. The second kappa shape index (κ2) is 24.1. The molecule has 0 aromatic rings. The van der Waals surface area contributed by atoms with Crippen molar-refractivity contribution >= 4 is 11.9 Å². The Kier molecular flexibility index (Phi) is 23.2. The molecule has 0 radical (unpaired) electrons. The van der Waals surface area contributed by atoms with Gasteiger partial charge in [-0.15, -0.1) is 0 Å².